The second kappa shape index (κ2) is 10.8. The SMILES string of the molecule is CCOC(=O)CNS(=O)(=O)c1cc(-c2nnc(Nc3ccc(Cl)c(Cl)c3)c3ccccc23)ccc1C. The molecule has 0 amide bonds. The van der Waals surface area contributed by atoms with E-state index in [-0.39, 0.29) is 11.5 Å². The van der Waals surface area contributed by atoms with Crippen molar-refractivity contribution in [3.63, 3.8) is 0 Å². The predicted molar refractivity (Wildman–Crippen MR) is 141 cm³/mol. The lowest BCUT2D eigenvalue weighted by atomic mass is 10.0. The number of nitrogens with one attached hydrogen (secondary N) is 2. The molecule has 0 radical (unpaired) electrons. The monoisotopic (exact) mass is 544 g/mol. The second-order valence-corrected chi connectivity index (χ2v) is 10.4. The van der Waals surface area contributed by atoms with Gasteiger partial charge in [-0.05, 0) is 43.7 Å². The largest absolute Gasteiger partial charge is 0.465 e. The predicted octanol–water partition coefficient (Wildman–Crippen LogP) is 5.50. The van der Waals surface area contributed by atoms with Crippen molar-refractivity contribution in [2.45, 2.75) is 18.7 Å². The number of hydrogen-bond acceptors (Lipinski definition) is 7. The minimum atomic E-state index is -3.98. The maximum atomic E-state index is 12.9. The summed E-state index contributed by atoms with van der Waals surface area (Å²) in [5.41, 5.74) is 2.27. The molecule has 8 nitrogen and oxygen atoms in total. The molecule has 0 aliphatic rings. The summed E-state index contributed by atoms with van der Waals surface area (Å²) in [5, 5.41) is 14.4. The van der Waals surface area contributed by atoms with Crippen LogP contribution in [0.5, 0.6) is 0 Å². The van der Waals surface area contributed by atoms with Crippen LogP contribution in [0.3, 0.4) is 0 Å². The number of esters is 1. The molecule has 2 N–H and O–H groups in total. The van der Waals surface area contributed by atoms with Crippen molar-refractivity contribution >= 4 is 61.5 Å². The summed E-state index contributed by atoms with van der Waals surface area (Å²) in [6.45, 7) is 3.03. The molecule has 0 aliphatic carbocycles. The number of rotatable bonds is 8. The van der Waals surface area contributed by atoms with Crippen LogP contribution >= 0.6 is 23.2 Å². The highest BCUT2D eigenvalue weighted by Gasteiger charge is 2.21. The first kappa shape index (κ1) is 25.8. The van der Waals surface area contributed by atoms with Crippen molar-refractivity contribution < 1.29 is 17.9 Å². The van der Waals surface area contributed by atoms with Gasteiger partial charge in [0.2, 0.25) is 10.0 Å². The van der Waals surface area contributed by atoms with Crippen LogP contribution in [0.15, 0.2) is 65.6 Å². The van der Waals surface area contributed by atoms with Gasteiger partial charge < -0.3 is 10.1 Å². The molecule has 186 valence electrons. The average Bonchev–Trinajstić information content (AvgIpc) is 2.86. The van der Waals surface area contributed by atoms with Gasteiger partial charge in [0.1, 0.15) is 12.2 Å². The van der Waals surface area contributed by atoms with E-state index in [2.05, 4.69) is 20.2 Å². The number of carbonyl (C=O) groups excluding carboxylic acids is 1. The highest BCUT2D eigenvalue weighted by Crippen LogP contribution is 2.33. The Bertz CT molecular complexity index is 1560. The van der Waals surface area contributed by atoms with Crippen molar-refractivity contribution in [3.05, 3.63) is 76.3 Å². The van der Waals surface area contributed by atoms with Gasteiger partial charge in [-0.3, -0.25) is 4.79 Å². The maximum Gasteiger partial charge on any atom is 0.321 e. The van der Waals surface area contributed by atoms with E-state index in [0.717, 1.165) is 10.8 Å². The summed E-state index contributed by atoms with van der Waals surface area (Å²) in [4.78, 5) is 11.7. The molecule has 0 aliphatic heterocycles. The molecule has 1 aromatic heterocycles. The van der Waals surface area contributed by atoms with Crippen LogP contribution in [0.25, 0.3) is 22.0 Å². The Labute approximate surface area is 218 Å². The summed E-state index contributed by atoms with van der Waals surface area (Å²) >= 11 is 12.2. The number of aromatic nitrogens is 2. The molecule has 4 rings (SSSR count). The van der Waals surface area contributed by atoms with Crippen molar-refractivity contribution in [1.29, 1.82) is 0 Å². The molecular weight excluding hydrogens is 523 g/mol. The minimum Gasteiger partial charge on any atom is -0.465 e. The van der Waals surface area contributed by atoms with Gasteiger partial charge in [-0.1, -0.05) is 59.6 Å². The van der Waals surface area contributed by atoms with Crippen LogP contribution in [0, 0.1) is 6.92 Å². The number of carbonyl (C=O) groups is 1. The summed E-state index contributed by atoms with van der Waals surface area (Å²) in [5.74, 6) is -0.152. The Hall–Kier alpha value is -3.24. The van der Waals surface area contributed by atoms with E-state index in [1.54, 1.807) is 44.2 Å². The summed E-state index contributed by atoms with van der Waals surface area (Å²) in [6, 6.07) is 17.6. The second-order valence-electron chi connectivity index (χ2n) is 7.81. The molecule has 1 heterocycles. The zero-order valence-electron chi connectivity index (χ0n) is 19.4. The number of fused-ring (bicyclic) bond motifs is 1. The van der Waals surface area contributed by atoms with Gasteiger partial charge in [-0.25, -0.2) is 8.42 Å². The van der Waals surface area contributed by atoms with Gasteiger partial charge in [-0.2, -0.15) is 4.72 Å². The fourth-order valence-electron chi connectivity index (χ4n) is 3.60. The molecule has 11 heteroatoms. The van der Waals surface area contributed by atoms with E-state index >= 15 is 0 Å². The normalized spacial score (nSPS) is 11.4. The Kier molecular flexibility index (Phi) is 7.75. The number of ether oxygens (including phenoxy) is 1. The van der Waals surface area contributed by atoms with Crippen LogP contribution in [0.2, 0.25) is 10.0 Å². The van der Waals surface area contributed by atoms with Crippen molar-refractivity contribution in [2.24, 2.45) is 0 Å². The zero-order chi connectivity index (χ0) is 25.9. The third kappa shape index (κ3) is 5.60. The Balaban J connectivity index is 1.72. The van der Waals surface area contributed by atoms with Crippen molar-refractivity contribution in [3.8, 4) is 11.3 Å². The first-order chi connectivity index (χ1) is 17.2. The molecular formula is C25H22Cl2N4O4S. The molecule has 0 atom stereocenters. The standard InChI is InChI=1S/C25H22Cl2N4O4S/c1-3-35-23(32)14-28-36(33,34)22-12-16(9-8-15(22)2)24-18-6-4-5-7-19(18)25(31-30-24)29-17-10-11-20(26)21(27)13-17/h4-13,28H,3,14H2,1-2H3,(H,29,31). The smallest absolute Gasteiger partial charge is 0.321 e. The van der Waals surface area contributed by atoms with Crippen LogP contribution in [0.1, 0.15) is 12.5 Å². The zero-order valence-corrected chi connectivity index (χ0v) is 21.7. The first-order valence-corrected chi connectivity index (χ1v) is 13.2. The highest BCUT2D eigenvalue weighted by molar-refractivity contribution is 7.89. The molecule has 0 unspecified atom stereocenters. The van der Waals surface area contributed by atoms with E-state index < -0.39 is 22.5 Å². The highest BCUT2D eigenvalue weighted by atomic mass is 35.5. The minimum absolute atomic E-state index is 0.0354. The number of halogens is 2. The quantitative estimate of drug-likeness (QED) is 0.282. The topological polar surface area (TPSA) is 110 Å². The summed E-state index contributed by atoms with van der Waals surface area (Å²) in [6.07, 6.45) is 0. The van der Waals surface area contributed by atoms with Gasteiger partial charge in [0.15, 0.2) is 5.82 Å². The molecule has 0 bridgehead atoms. The van der Waals surface area contributed by atoms with Crippen LogP contribution in [-0.2, 0) is 19.6 Å². The summed E-state index contributed by atoms with van der Waals surface area (Å²) in [7, 11) is -3.98. The number of benzene rings is 3. The fraction of sp³-hybridized carbons (Fsp3) is 0.160. The Morgan fingerprint density at radius 3 is 2.44 bits per heavy atom. The summed E-state index contributed by atoms with van der Waals surface area (Å²) < 4.78 is 33.0. The Morgan fingerprint density at radius 1 is 0.972 bits per heavy atom. The lowest BCUT2D eigenvalue weighted by molar-refractivity contribution is -0.141. The Morgan fingerprint density at radius 2 is 1.72 bits per heavy atom. The molecule has 3 aromatic carbocycles. The van der Waals surface area contributed by atoms with Crippen molar-refractivity contribution in [2.75, 3.05) is 18.5 Å². The maximum absolute atomic E-state index is 12.9. The van der Waals surface area contributed by atoms with Crippen LogP contribution in [0.4, 0.5) is 11.5 Å². The molecule has 4 aromatic rings. The molecule has 0 fully saturated rings. The lowest BCUT2D eigenvalue weighted by Gasteiger charge is -2.14. The van der Waals surface area contributed by atoms with Gasteiger partial charge in [0.05, 0.1) is 21.5 Å². The number of hydrogen-bond donors (Lipinski definition) is 2. The van der Waals surface area contributed by atoms with E-state index in [9.17, 15) is 13.2 Å². The van der Waals surface area contributed by atoms with E-state index in [1.165, 1.54) is 6.07 Å². The number of aryl methyl sites for hydroxylation is 1. The average molecular weight is 545 g/mol. The lowest BCUT2D eigenvalue weighted by Crippen LogP contribution is -2.31. The van der Waals surface area contributed by atoms with Crippen LogP contribution < -0.4 is 10.0 Å². The van der Waals surface area contributed by atoms with Crippen LogP contribution in [-0.4, -0.2) is 37.7 Å². The third-order valence-corrected chi connectivity index (χ3v) is 7.61. The third-order valence-electron chi connectivity index (χ3n) is 5.33. The van der Waals surface area contributed by atoms with E-state index in [1.807, 2.05) is 24.3 Å². The van der Waals surface area contributed by atoms with Gasteiger partial charge in [0, 0.05) is 22.0 Å². The van der Waals surface area contributed by atoms with Gasteiger partial charge in [0.25, 0.3) is 0 Å². The number of anilines is 2. The first-order valence-electron chi connectivity index (χ1n) is 10.9. The van der Waals surface area contributed by atoms with E-state index in [4.69, 9.17) is 27.9 Å². The molecule has 0 saturated carbocycles. The molecule has 36 heavy (non-hydrogen) atoms. The van der Waals surface area contributed by atoms with Gasteiger partial charge in [-0.15, -0.1) is 10.2 Å². The number of sulfonamides is 1. The van der Waals surface area contributed by atoms with E-state index in [0.29, 0.717) is 38.4 Å². The fourth-order valence-corrected chi connectivity index (χ4v) is 5.14. The van der Waals surface area contributed by atoms with Gasteiger partial charge >= 0.3 is 5.97 Å². The van der Waals surface area contributed by atoms with Crippen molar-refractivity contribution in [1.82, 2.24) is 14.9 Å². The molecule has 0 saturated heterocycles. The number of nitrogens with zero attached hydrogens (tertiary/aromatic N) is 2. The molecule has 0 spiro atoms.